The zero-order valence-electron chi connectivity index (χ0n) is 11.4. The van der Waals surface area contributed by atoms with Gasteiger partial charge in [0, 0.05) is 6.08 Å². The average Bonchev–Trinajstić information content (AvgIpc) is 2.79. The molecular formula is C13H20O6. The second kappa shape index (κ2) is 5.58. The lowest BCUT2D eigenvalue weighted by Crippen LogP contribution is -2.34. The Balaban J connectivity index is 1.79. The zero-order valence-corrected chi connectivity index (χ0v) is 11.4. The highest BCUT2D eigenvalue weighted by Gasteiger charge is 2.53. The molecule has 0 amide bonds. The monoisotopic (exact) mass is 272 g/mol. The molecule has 0 aromatic carbocycles. The maximum Gasteiger partial charge on any atom is 0.330 e. The topological polar surface area (TPSA) is 74.2 Å². The van der Waals surface area contributed by atoms with Gasteiger partial charge < -0.3 is 24.1 Å². The molecule has 2 rings (SSSR count). The molecule has 2 fully saturated rings. The summed E-state index contributed by atoms with van der Waals surface area (Å²) >= 11 is 0. The third-order valence-electron chi connectivity index (χ3n) is 3.19. The van der Waals surface area contributed by atoms with Crippen molar-refractivity contribution >= 4 is 5.97 Å². The van der Waals surface area contributed by atoms with E-state index in [1.165, 1.54) is 13.2 Å². The molecule has 0 bridgehead atoms. The summed E-state index contributed by atoms with van der Waals surface area (Å²) in [4.78, 5) is 10.9. The average molecular weight is 272 g/mol. The smallest absolute Gasteiger partial charge is 0.330 e. The van der Waals surface area contributed by atoms with Gasteiger partial charge in [0.05, 0.1) is 13.2 Å². The molecule has 0 spiro atoms. The highest BCUT2D eigenvalue weighted by atomic mass is 16.8. The summed E-state index contributed by atoms with van der Waals surface area (Å²) in [5.41, 5.74) is 0. The molecule has 0 aliphatic carbocycles. The van der Waals surface area contributed by atoms with E-state index in [1.807, 2.05) is 0 Å². The fraction of sp³-hybridized carbons (Fsp3) is 0.769. The van der Waals surface area contributed by atoms with Crippen molar-refractivity contribution in [2.45, 2.75) is 57.1 Å². The van der Waals surface area contributed by atoms with Gasteiger partial charge >= 0.3 is 5.97 Å². The molecule has 2 saturated heterocycles. The van der Waals surface area contributed by atoms with Gasteiger partial charge in [0.1, 0.15) is 12.2 Å². The van der Waals surface area contributed by atoms with Gasteiger partial charge in [0.15, 0.2) is 12.1 Å². The molecule has 2 aliphatic heterocycles. The second-order valence-corrected chi connectivity index (χ2v) is 5.14. The van der Waals surface area contributed by atoms with Crippen LogP contribution in [-0.4, -0.2) is 48.6 Å². The van der Waals surface area contributed by atoms with Crippen molar-refractivity contribution in [2.75, 3.05) is 7.11 Å². The minimum absolute atomic E-state index is 0.339. The lowest BCUT2D eigenvalue weighted by atomic mass is 10.1. The molecule has 4 atom stereocenters. The number of allylic oxidation sites excluding steroid dienone is 1. The van der Waals surface area contributed by atoms with E-state index in [0.29, 0.717) is 12.8 Å². The lowest BCUT2D eigenvalue weighted by Gasteiger charge is -2.22. The summed E-state index contributed by atoms with van der Waals surface area (Å²) in [6.45, 7) is 3.57. The molecule has 0 aromatic rings. The van der Waals surface area contributed by atoms with E-state index in [1.54, 1.807) is 19.9 Å². The third-order valence-corrected chi connectivity index (χ3v) is 3.19. The van der Waals surface area contributed by atoms with Gasteiger partial charge in [-0.3, -0.25) is 0 Å². The maximum atomic E-state index is 10.9. The third kappa shape index (κ3) is 3.33. The van der Waals surface area contributed by atoms with Crippen LogP contribution in [0.3, 0.4) is 0 Å². The standard InChI is InChI=1S/C13H20O6/c1-13(2)18-11-10(15)8(17-12(11)19-13)6-4-5-7-9(14)16-3/h5,7-8,10-12,15H,4,6H2,1-3H3/b7-5+/t8-,10+,11-,12-/m1/s1. The number of aliphatic hydroxyl groups is 1. The van der Waals surface area contributed by atoms with E-state index in [2.05, 4.69) is 4.74 Å². The van der Waals surface area contributed by atoms with E-state index in [-0.39, 0.29) is 6.10 Å². The first-order valence-corrected chi connectivity index (χ1v) is 6.36. The Hall–Kier alpha value is -0.950. The molecule has 6 heteroatoms. The Labute approximate surface area is 112 Å². The summed E-state index contributed by atoms with van der Waals surface area (Å²) in [6, 6.07) is 0. The van der Waals surface area contributed by atoms with Crippen LogP contribution in [0.2, 0.25) is 0 Å². The highest BCUT2D eigenvalue weighted by Crippen LogP contribution is 2.38. The first-order chi connectivity index (χ1) is 8.93. The van der Waals surface area contributed by atoms with Gasteiger partial charge in [0.2, 0.25) is 0 Å². The number of carbonyl (C=O) groups excluding carboxylic acids is 1. The first-order valence-electron chi connectivity index (χ1n) is 6.36. The van der Waals surface area contributed by atoms with Gasteiger partial charge in [-0.05, 0) is 26.7 Å². The SMILES string of the molecule is COC(=O)/C=C/CC[C@H]1O[C@@H]2OC(C)(C)O[C@@H]2[C@H]1O. The van der Waals surface area contributed by atoms with Crippen molar-refractivity contribution in [3.63, 3.8) is 0 Å². The summed E-state index contributed by atoms with van der Waals surface area (Å²) < 4.78 is 21.2. The van der Waals surface area contributed by atoms with E-state index < -0.39 is 30.3 Å². The van der Waals surface area contributed by atoms with Crippen LogP contribution in [-0.2, 0) is 23.7 Å². The van der Waals surface area contributed by atoms with E-state index in [0.717, 1.165) is 0 Å². The second-order valence-electron chi connectivity index (χ2n) is 5.14. The number of hydrogen-bond acceptors (Lipinski definition) is 6. The van der Waals surface area contributed by atoms with E-state index in [4.69, 9.17) is 14.2 Å². The number of hydrogen-bond donors (Lipinski definition) is 1. The summed E-state index contributed by atoms with van der Waals surface area (Å²) in [5, 5.41) is 10.1. The van der Waals surface area contributed by atoms with Crippen LogP contribution in [0.15, 0.2) is 12.2 Å². The molecule has 0 saturated carbocycles. The Morgan fingerprint density at radius 1 is 1.42 bits per heavy atom. The fourth-order valence-corrected chi connectivity index (χ4v) is 2.30. The molecule has 19 heavy (non-hydrogen) atoms. The van der Waals surface area contributed by atoms with Crippen molar-refractivity contribution < 1.29 is 28.8 Å². The van der Waals surface area contributed by atoms with Crippen LogP contribution in [0, 0.1) is 0 Å². The number of rotatable bonds is 4. The number of carbonyl (C=O) groups is 1. The van der Waals surface area contributed by atoms with Crippen LogP contribution in [0.5, 0.6) is 0 Å². The van der Waals surface area contributed by atoms with E-state index >= 15 is 0 Å². The van der Waals surface area contributed by atoms with Gasteiger partial charge in [-0.1, -0.05) is 6.08 Å². The van der Waals surface area contributed by atoms with Crippen molar-refractivity contribution in [1.29, 1.82) is 0 Å². The number of aliphatic hydroxyl groups excluding tert-OH is 1. The highest BCUT2D eigenvalue weighted by molar-refractivity contribution is 5.81. The molecule has 2 aliphatic rings. The fourth-order valence-electron chi connectivity index (χ4n) is 2.30. The maximum absolute atomic E-state index is 10.9. The van der Waals surface area contributed by atoms with Crippen molar-refractivity contribution in [2.24, 2.45) is 0 Å². The molecule has 1 N–H and O–H groups in total. The summed E-state index contributed by atoms with van der Waals surface area (Å²) in [5.74, 6) is -1.11. The normalized spacial score (nSPS) is 36.6. The molecule has 108 valence electrons. The number of fused-ring (bicyclic) bond motifs is 1. The lowest BCUT2D eigenvalue weighted by molar-refractivity contribution is -0.215. The molecule has 2 heterocycles. The molecule has 6 nitrogen and oxygen atoms in total. The molecule has 0 aromatic heterocycles. The summed E-state index contributed by atoms with van der Waals surface area (Å²) in [6.07, 6.45) is 2.25. The molecule has 0 radical (unpaired) electrons. The molecular weight excluding hydrogens is 252 g/mol. The van der Waals surface area contributed by atoms with Crippen molar-refractivity contribution in [1.82, 2.24) is 0 Å². The Morgan fingerprint density at radius 3 is 2.79 bits per heavy atom. The van der Waals surface area contributed by atoms with Gasteiger partial charge in [-0.25, -0.2) is 4.79 Å². The minimum Gasteiger partial charge on any atom is -0.466 e. The zero-order chi connectivity index (χ0) is 14.0. The largest absolute Gasteiger partial charge is 0.466 e. The van der Waals surface area contributed by atoms with Crippen LogP contribution < -0.4 is 0 Å². The first kappa shape index (κ1) is 14.5. The number of ether oxygens (including phenoxy) is 4. The number of methoxy groups -OCH3 is 1. The van der Waals surface area contributed by atoms with Crippen LogP contribution >= 0.6 is 0 Å². The van der Waals surface area contributed by atoms with Crippen LogP contribution in [0.4, 0.5) is 0 Å². The van der Waals surface area contributed by atoms with E-state index in [9.17, 15) is 9.90 Å². The van der Waals surface area contributed by atoms with Crippen LogP contribution in [0.25, 0.3) is 0 Å². The van der Waals surface area contributed by atoms with Crippen LogP contribution in [0.1, 0.15) is 26.7 Å². The van der Waals surface area contributed by atoms with Crippen molar-refractivity contribution in [3.8, 4) is 0 Å². The van der Waals surface area contributed by atoms with Gasteiger partial charge in [-0.2, -0.15) is 0 Å². The van der Waals surface area contributed by atoms with Gasteiger partial charge in [0.25, 0.3) is 0 Å². The van der Waals surface area contributed by atoms with Crippen molar-refractivity contribution in [3.05, 3.63) is 12.2 Å². The van der Waals surface area contributed by atoms with Gasteiger partial charge in [-0.15, -0.1) is 0 Å². The Bertz CT molecular complexity index is 364. The summed E-state index contributed by atoms with van der Waals surface area (Å²) in [7, 11) is 1.33. The molecule has 0 unspecified atom stereocenters. The quantitative estimate of drug-likeness (QED) is 0.601. The predicted molar refractivity (Wildman–Crippen MR) is 65.1 cm³/mol. The number of esters is 1. The predicted octanol–water partition coefficient (Wildman–Crippen LogP) is 0.733. The minimum atomic E-state index is -0.716. The Morgan fingerprint density at radius 2 is 2.16 bits per heavy atom. The Kier molecular flexibility index (Phi) is 4.25.